The number of benzene rings is 2. The maximum absolute atomic E-state index is 13.7. The highest BCUT2D eigenvalue weighted by Crippen LogP contribution is 2.18. The predicted octanol–water partition coefficient (Wildman–Crippen LogP) is 2.74. The largest absolute Gasteiger partial charge is 0.452 e. The van der Waals surface area contributed by atoms with Gasteiger partial charge < -0.3 is 10.1 Å². The zero-order valence-electron chi connectivity index (χ0n) is 14.1. The van der Waals surface area contributed by atoms with Crippen molar-refractivity contribution in [3.63, 3.8) is 0 Å². The zero-order valence-corrected chi connectivity index (χ0v) is 14.9. The smallest absolute Gasteiger partial charge is 0.339 e. The number of esters is 1. The van der Waals surface area contributed by atoms with Gasteiger partial charge in [0.1, 0.15) is 11.6 Å². The lowest BCUT2D eigenvalue weighted by molar-refractivity contribution is -0.124. The molecule has 0 aliphatic carbocycles. The fourth-order valence-corrected chi connectivity index (χ4v) is 3.04. The van der Waals surface area contributed by atoms with Crippen LogP contribution in [0.2, 0.25) is 0 Å². The minimum absolute atomic E-state index is 0.109. The Morgan fingerprint density at radius 2 is 1.88 bits per heavy atom. The SMILES string of the molecule is C[C@@H](NC(=O)COC(=O)c1ccccc1[S@](C)=O)c1ccc(F)cc1F. The molecule has 1 amide bonds. The van der Waals surface area contributed by atoms with E-state index in [4.69, 9.17) is 4.74 Å². The number of halogens is 2. The molecule has 26 heavy (non-hydrogen) atoms. The van der Waals surface area contributed by atoms with E-state index in [1.807, 2.05) is 0 Å². The average Bonchev–Trinajstić information content (AvgIpc) is 2.59. The summed E-state index contributed by atoms with van der Waals surface area (Å²) in [6.07, 6.45) is 1.43. The molecule has 2 aromatic carbocycles. The molecule has 0 fully saturated rings. The monoisotopic (exact) mass is 381 g/mol. The molecule has 0 unspecified atom stereocenters. The van der Waals surface area contributed by atoms with Gasteiger partial charge in [-0.25, -0.2) is 13.6 Å². The van der Waals surface area contributed by atoms with Gasteiger partial charge in [0.2, 0.25) is 0 Å². The van der Waals surface area contributed by atoms with E-state index in [2.05, 4.69) is 5.32 Å². The van der Waals surface area contributed by atoms with Crippen molar-refractivity contribution in [3.05, 3.63) is 65.2 Å². The van der Waals surface area contributed by atoms with Crippen molar-refractivity contribution in [2.24, 2.45) is 0 Å². The van der Waals surface area contributed by atoms with E-state index in [-0.39, 0.29) is 11.1 Å². The van der Waals surface area contributed by atoms with E-state index >= 15 is 0 Å². The highest BCUT2D eigenvalue weighted by molar-refractivity contribution is 7.84. The third-order valence-electron chi connectivity index (χ3n) is 3.56. The third-order valence-corrected chi connectivity index (χ3v) is 4.53. The zero-order chi connectivity index (χ0) is 19.3. The summed E-state index contributed by atoms with van der Waals surface area (Å²) in [6.45, 7) is 0.933. The summed E-state index contributed by atoms with van der Waals surface area (Å²) in [5.74, 6) is -2.93. The fourth-order valence-electron chi connectivity index (χ4n) is 2.31. The minimum Gasteiger partial charge on any atom is -0.452 e. The number of ether oxygens (including phenoxy) is 1. The molecule has 0 aliphatic rings. The molecule has 0 saturated carbocycles. The molecule has 138 valence electrons. The molecule has 2 aromatic rings. The first-order valence-corrected chi connectivity index (χ1v) is 9.19. The molecule has 0 aliphatic heterocycles. The molecule has 0 radical (unpaired) electrons. The van der Waals surface area contributed by atoms with Crippen LogP contribution in [0.25, 0.3) is 0 Å². The first-order chi connectivity index (χ1) is 12.3. The van der Waals surface area contributed by atoms with E-state index < -0.39 is 47.0 Å². The first kappa shape index (κ1) is 19.7. The summed E-state index contributed by atoms with van der Waals surface area (Å²) in [5.41, 5.74) is 0.219. The van der Waals surface area contributed by atoms with Crippen molar-refractivity contribution in [3.8, 4) is 0 Å². The van der Waals surface area contributed by atoms with Crippen LogP contribution in [0.4, 0.5) is 8.78 Å². The van der Waals surface area contributed by atoms with Gasteiger partial charge in [0.15, 0.2) is 6.61 Å². The second-order valence-electron chi connectivity index (χ2n) is 5.48. The van der Waals surface area contributed by atoms with Crippen LogP contribution < -0.4 is 5.32 Å². The summed E-state index contributed by atoms with van der Waals surface area (Å²) in [7, 11) is -1.39. The van der Waals surface area contributed by atoms with Crippen LogP contribution in [0.1, 0.15) is 28.9 Å². The van der Waals surface area contributed by atoms with Crippen molar-refractivity contribution in [1.82, 2.24) is 5.32 Å². The maximum Gasteiger partial charge on any atom is 0.339 e. The normalized spacial score (nSPS) is 12.9. The number of nitrogens with one attached hydrogen (secondary N) is 1. The van der Waals surface area contributed by atoms with E-state index in [9.17, 15) is 22.6 Å². The van der Waals surface area contributed by atoms with Crippen LogP contribution >= 0.6 is 0 Å². The Balaban J connectivity index is 1.96. The van der Waals surface area contributed by atoms with Crippen LogP contribution in [-0.4, -0.2) is 28.9 Å². The van der Waals surface area contributed by atoms with Crippen molar-refractivity contribution in [2.45, 2.75) is 17.9 Å². The summed E-state index contributed by atoms with van der Waals surface area (Å²) < 4.78 is 43.2. The first-order valence-electron chi connectivity index (χ1n) is 7.63. The molecule has 0 heterocycles. The van der Waals surface area contributed by atoms with Gasteiger partial charge in [-0.2, -0.15) is 0 Å². The highest BCUT2D eigenvalue weighted by atomic mass is 32.2. The summed E-state index contributed by atoms with van der Waals surface area (Å²) >= 11 is 0. The van der Waals surface area contributed by atoms with E-state index in [0.717, 1.165) is 12.1 Å². The number of hydrogen-bond acceptors (Lipinski definition) is 4. The van der Waals surface area contributed by atoms with Crippen molar-refractivity contribution >= 4 is 22.7 Å². The van der Waals surface area contributed by atoms with Crippen LogP contribution in [-0.2, 0) is 20.3 Å². The van der Waals surface area contributed by atoms with Crippen LogP contribution in [0.5, 0.6) is 0 Å². The minimum atomic E-state index is -1.39. The topological polar surface area (TPSA) is 72.5 Å². The van der Waals surface area contributed by atoms with Crippen molar-refractivity contribution in [2.75, 3.05) is 12.9 Å². The Hall–Kier alpha value is -2.61. The number of carbonyl (C=O) groups is 2. The summed E-state index contributed by atoms with van der Waals surface area (Å²) in [6, 6.07) is 8.51. The summed E-state index contributed by atoms with van der Waals surface area (Å²) in [4.78, 5) is 24.3. The lowest BCUT2D eigenvalue weighted by Crippen LogP contribution is -2.31. The number of amides is 1. The standard InChI is InChI=1S/C18H17F2NO4S/c1-11(13-8-7-12(19)9-15(13)20)21-17(22)10-25-18(23)14-5-3-4-6-16(14)26(2)24/h3-9,11H,10H2,1-2H3,(H,21,22)/t11-,26+/m1/s1. The van der Waals surface area contributed by atoms with Crippen LogP contribution in [0, 0.1) is 11.6 Å². The quantitative estimate of drug-likeness (QED) is 0.781. The van der Waals surface area contributed by atoms with E-state index in [1.54, 1.807) is 12.1 Å². The Morgan fingerprint density at radius 3 is 2.54 bits per heavy atom. The fraction of sp³-hybridized carbons (Fsp3) is 0.222. The van der Waals surface area contributed by atoms with Gasteiger partial charge in [-0.05, 0) is 25.1 Å². The average molecular weight is 381 g/mol. The third kappa shape index (κ3) is 4.95. The second kappa shape index (κ2) is 8.66. The van der Waals surface area contributed by atoms with Crippen molar-refractivity contribution < 1.29 is 27.3 Å². The van der Waals surface area contributed by atoms with Gasteiger partial charge in [-0.15, -0.1) is 0 Å². The molecule has 2 atom stereocenters. The molecule has 5 nitrogen and oxygen atoms in total. The Kier molecular flexibility index (Phi) is 6.57. The maximum atomic E-state index is 13.7. The Morgan fingerprint density at radius 1 is 1.19 bits per heavy atom. The Labute approximate surface area is 151 Å². The molecule has 0 bridgehead atoms. The molecular weight excluding hydrogens is 364 g/mol. The lowest BCUT2D eigenvalue weighted by atomic mass is 10.1. The molecule has 2 rings (SSSR count). The van der Waals surface area contributed by atoms with Gasteiger partial charge in [-0.1, -0.05) is 18.2 Å². The van der Waals surface area contributed by atoms with Gasteiger partial charge in [0.05, 0.1) is 27.3 Å². The van der Waals surface area contributed by atoms with Gasteiger partial charge in [0, 0.05) is 17.9 Å². The van der Waals surface area contributed by atoms with Crippen molar-refractivity contribution in [1.29, 1.82) is 0 Å². The van der Waals surface area contributed by atoms with Gasteiger partial charge in [0.25, 0.3) is 5.91 Å². The second-order valence-corrected chi connectivity index (χ2v) is 6.83. The molecule has 1 N–H and O–H groups in total. The number of rotatable bonds is 6. The molecular formula is C18H17F2NO4S. The molecule has 8 heteroatoms. The van der Waals surface area contributed by atoms with E-state index in [0.29, 0.717) is 4.90 Å². The molecule has 0 saturated heterocycles. The number of hydrogen-bond donors (Lipinski definition) is 1. The lowest BCUT2D eigenvalue weighted by Gasteiger charge is -2.15. The van der Waals surface area contributed by atoms with E-state index in [1.165, 1.54) is 31.4 Å². The van der Waals surface area contributed by atoms with Crippen LogP contribution in [0.3, 0.4) is 0 Å². The molecule has 0 spiro atoms. The number of carbonyl (C=O) groups excluding carboxylic acids is 2. The highest BCUT2D eigenvalue weighted by Gasteiger charge is 2.18. The van der Waals surface area contributed by atoms with Gasteiger partial charge >= 0.3 is 5.97 Å². The summed E-state index contributed by atoms with van der Waals surface area (Å²) in [5, 5.41) is 2.46. The molecule has 0 aromatic heterocycles. The predicted molar refractivity (Wildman–Crippen MR) is 92.0 cm³/mol. The van der Waals surface area contributed by atoms with Crippen LogP contribution in [0.15, 0.2) is 47.4 Å². The Bertz CT molecular complexity index is 857. The van der Waals surface area contributed by atoms with Gasteiger partial charge in [-0.3, -0.25) is 9.00 Å².